The van der Waals surface area contributed by atoms with Gasteiger partial charge in [-0.25, -0.2) is 0 Å². The maximum absolute atomic E-state index is 9.17. The first-order valence-electron chi connectivity index (χ1n) is 5.14. The highest BCUT2D eigenvalue weighted by Gasteiger charge is 2.09. The molecule has 1 aromatic rings. The second kappa shape index (κ2) is 6.35. The Hall–Kier alpha value is -1.26. The van der Waals surface area contributed by atoms with Crippen molar-refractivity contribution in [2.24, 2.45) is 0 Å². The van der Waals surface area contributed by atoms with Crippen molar-refractivity contribution in [1.82, 2.24) is 0 Å². The Balaban J connectivity index is 2.82. The van der Waals surface area contributed by atoms with Crippen LogP contribution in [0.5, 0.6) is 11.5 Å². The highest BCUT2D eigenvalue weighted by Crippen LogP contribution is 2.25. The lowest BCUT2D eigenvalue weighted by Gasteiger charge is -2.16. The SMILES string of the molecule is COCC(C)Oc1cc(OC)ccc1CO. The molecule has 1 unspecified atom stereocenters. The van der Waals surface area contributed by atoms with Gasteiger partial charge in [-0.1, -0.05) is 0 Å². The maximum Gasteiger partial charge on any atom is 0.129 e. The Morgan fingerprint density at radius 3 is 2.62 bits per heavy atom. The summed E-state index contributed by atoms with van der Waals surface area (Å²) in [5.74, 6) is 1.34. The van der Waals surface area contributed by atoms with E-state index < -0.39 is 0 Å². The molecule has 90 valence electrons. The van der Waals surface area contributed by atoms with Crippen molar-refractivity contribution < 1.29 is 19.3 Å². The van der Waals surface area contributed by atoms with Crippen molar-refractivity contribution >= 4 is 0 Å². The van der Waals surface area contributed by atoms with Crippen LogP contribution in [0.1, 0.15) is 12.5 Å². The minimum Gasteiger partial charge on any atom is -0.497 e. The van der Waals surface area contributed by atoms with Crippen LogP contribution in [0.25, 0.3) is 0 Å². The zero-order valence-electron chi connectivity index (χ0n) is 9.90. The van der Waals surface area contributed by atoms with Crippen LogP contribution in [0.2, 0.25) is 0 Å². The summed E-state index contributed by atoms with van der Waals surface area (Å²) < 4.78 is 15.7. The van der Waals surface area contributed by atoms with Gasteiger partial charge in [0.05, 0.1) is 20.3 Å². The minimum absolute atomic E-state index is 0.0565. The van der Waals surface area contributed by atoms with E-state index in [-0.39, 0.29) is 12.7 Å². The van der Waals surface area contributed by atoms with Gasteiger partial charge >= 0.3 is 0 Å². The van der Waals surface area contributed by atoms with Crippen molar-refractivity contribution in [3.05, 3.63) is 23.8 Å². The molecule has 0 aliphatic heterocycles. The molecule has 0 aromatic heterocycles. The lowest BCUT2D eigenvalue weighted by molar-refractivity contribution is 0.0901. The summed E-state index contributed by atoms with van der Waals surface area (Å²) in [7, 11) is 3.22. The summed E-state index contributed by atoms with van der Waals surface area (Å²) in [6, 6.07) is 5.34. The fourth-order valence-electron chi connectivity index (χ4n) is 1.39. The van der Waals surface area contributed by atoms with E-state index in [9.17, 15) is 5.11 Å². The fraction of sp³-hybridized carbons (Fsp3) is 0.500. The molecule has 0 fully saturated rings. The summed E-state index contributed by atoms with van der Waals surface area (Å²) in [4.78, 5) is 0. The van der Waals surface area contributed by atoms with E-state index in [2.05, 4.69) is 0 Å². The Bertz CT molecular complexity index is 325. The monoisotopic (exact) mass is 226 g/mol. The molecule has 0 radical (unpaired) electrons. The van der Waals surface area contributed by atoms with Gasteiger partial charge < -0.3 is 19.3 Å². The lowest BCUT2D eigenvalue weighted by atomic mass is 10.2. The number of hydrogen-bond donors (Lipinski definition) is 1. The molecule has 16 heavy (non-hydrogen) atoms. The van der Waals surface area contributed by atoms with Crippen molar-refractivity contribution in [2.75, 3.05) is 20.8 Å². The second-order valence-electron chi connectivity index (χ2n) is 3.52. The van der Waals surface area contributed by atoms with E-state index in [0.29, 0.717) is 18.1 Å². The van der Waals surface area contributed by atoms with E-state index in [0.717, 1.165) is 5.56 Å². The topological polar surface area (TPSA) is 47.9 Å². The molecule has 0 heterocycles. The van der Waals surface area contributed by atoms with Gasteiger partial charge in [-0.3, -0.25) is 0 Å². The number of ether oxygens (including phenoxy) is 3. The summed E-state index contributed by atoms with van der Waals surface area (Å²) in [5.41, 5.74) is 0.740. The third-order valence-electron chi connectivity index (χ3n) is 2.17. The highest BCUT2D eigenvalue weighted by atomic mass is 16.5. The minimum atomic E-state index is -0.0672. The Kier molecular flexibility index (Phi) is 5.08. The molecule has 4 heteroatoms. The van der Waals surface area contributed by atoms with Crippen LogP contribution >= 0.6 is 0 Å². The van der Waals surface area contributed by atoms with Gasteiger partial charge in [-0.2, -0.15) is 0 Å². The van der Waals surface area contributed by atoms with Crippen LogP contribution in [-0.2, 0) is 11.3 Å². The third-order valence-corrected chi connectivity index (χ3v) is 2.17. The molecule has 1 N–H and O–H groups in total. The second-order valence-corrected chi connectivity index (χ2v) is 3.52. The van der Waals surface area contributed by atoms with Crippen molar-refractivity contribution in [1.29, 1.82) is 0 Å². The van der Waals surface area contributed by atoms with E-state index in [1.165, 1.54) is 0 Å². The zero-order chi connectivity index (χ0) is 12.0. The quantitative estimate of drug-likeness (QED) is 0.800. The molecule has 0 saturated carbocycles. The van der Waals surface area contributed by atoms with Crippen molar-refractivity contribution in [2.45, 2.75) is 19.6 Å². The Morgan fingerprint density at radius 1 is 1.31 bits per heavy atom. The van der Waals surface area contributed by atoms with Gasteiger partial charge in [0.2, 0.25) is 0 Å². The van der Waals surface area contributed by atoms with E-state index in [1.54, 1.807) is 32.4 Å². The summed E-state index contributed by atoms with van der Waals surface area (Å²) >= 11 is 0. The van der Waals surface area contributed by atoms with Gasteiger partial charge in [-0.05, 0) is 19.1 Å². The Labute approximate surface area is 95.8 Å². The first-order valence-corrected chi connectivity index (χ1v) is 5.14. The van der Waals surface area contributed by atoms with Crippen LogP contribution in [0.4, 0.5) is 0 Å². The largest absolute Gasteiger partial charge is 0.497 e. The van der Waals surface area contributed by atoms with Crippen LogP contribution < -0.4 is 9.47 Å². The Morgan fingerprint density at radius 2 is 2.06 bits per heavy atom. The van der Waals surface area contributed by atoms with Crippen LogP contribution in [0, 0.1) is 0 Å². The molecule has 0 amide bonds. The summed E-state index contributed by atoms with van der Waals surface area (Å²) in [6.07, 6.45) is -0.0672. The van der Waals surface area contributed by atoms with Crippen molar-refractivity contribution in [3.8, 4) is 11.5 Å². The molecule has 4 nitrogen and oxygen atoms in total. The zero-order valence-corrected chi connectivity index (χ0v) is 9.90. The van der Waals surface area contributed by atoms with E-state index in [1.807, 2.05) is 6.92 Å². The first-order chi connectivity index (χ1) is 7.71. The molecule has 0 bridgehead atoms. The molecule has 1 aromatic carbocycles. The molecule has 0 aliphatic rings. The molecule has 0 aliphatic carbocycles. The summed E-state index contributed by atoms with van der Waals surface area (Å²) in [6.45, 7) is 2.35. The first kappa shape index (κ1) is 12.8. The third kappa shape index (κ3) is 3.40. The summed E-state index contributed by atoms with van der Waals surface area (Å²) in [5, 5.41) is 9.17. The molecule has 1 rings (SSSR count). The van der Waals surface area contributed by atoms with Gasteiger partial charge in [0.1, 0.15) is 17.6 Å². The van der Waals surface area contributed by atoms with Gasteiger partial charge in [0.15, 0.2) is 0 Å². The smallest absolute Gasteiger partial charge is 0.129 e. The van der Waals surface area contributed by atoms with Crippen LogP contribution in [0.15, 0.2) is 18.2 Å². The highest BCUT2D eigenvalue weighted by molar-refractivity contribution is 5.40. The van der Waals surface area contributed by atoms with Gasteiger partial charge in [0.25, 0.3) is 0 Å². The van der Waals surface area contributed by atoms with Gasteiger partial charge in [-0.15, -0.1) is 0 Å². The predicted molar refractivity (Wildman–Crippen MR) is 60.9 cm³/mol. The predicted octanol–water partition coefficient (Wildman–Crippen LogP) is 1.60. The standard InChI is InChI=1S/C12H18O4/c1-9(8-14-2)16-12-6-11(15-3)5-4-10(12)7-13/h4-6,9,13H,7-8H2,1-3H3. The fourth-order valence-corrected chi connectivity index (χ4v) is 1.39. The van der Waals surface area contributed by atoms with E-state index in [4.69, 9.17) is 14.2 Å². The molecule has 0 saturated heterocycles. The molecular formula is C12H18O4. The number of rotatable bonds is 6. The average molecular weight is 226 g/mol. The van der Waals surface area contributed by atoms with E-state index >= 15 is 0 Å². The van der Waals surface area contributed by atoms with Crippen LogP contribution in [0.3, 0.4) is 0 Å². The van der Waals surface area contributed by atoms with Crippen molar-refractivity contribution in [3.63, 3.8) is 0 Å². The number of hydrogen-bond acceptors (Lipinski definition) is 4. The average Bonchev–Trinajstić information content (AvgIpc) is 2.29. The number of methoxy groups -OCH3 is 2. The molecule has 1 atom stereocenters. The number of aliphatic hydroxyl groups excluding tert-OH is 1. The van der Waals surface area contributed by atoms with Crippen LogP contribution in [-0.4, -0.2) is 32.0 Å². The molecular weight excluding hydrogens is 208 g/mol. The number of aliphatic hydroxyl groups is 1. The normalized spacial score (nSPS) is 12.2. The number of benzene rings is 1. The molecule has 0 spiro atoms. The van der Waals surface area contributed by atoms with Gasteiger partial charge in [0, 0.05) is 18.7 Å². The maximum atomic E-state index is 9.17. The lowest BCUT2D eigenvalue weighted by Crippen LogP contribution is -2.18.